The number of halogens is 1. The van der Waals surface area contributed by atoms with Crippen molar-refractivity contribution in [3.63, 3.8) is 0 Å². The highest BCUT2D eigenvalue weighted by molar-refractivity contribution is 5.85. The summed E-state index contributed by atoms with van der Waals surface area (Å²) in [4.78, 5) is 11.6. The molecule has 0 aliphatic carbocycles. The molecule has 0 saturated heterocycles. The highest BCUT2D eigenvalue weighted by atomic mass is 35.5. The quantitative estimate of drug-likeness (QED) is 0.408. The molecule has 0 bridgehead atoms. The molecule has 3 nitrogen and oxygen atoms in total. The Bertz CT molecular complexity index is 195. The van der Waals surface area contributed by atoms with Crippen molar-refractivity contribution in [2.24, 2.45) is 5.92 Å². The van der Waals surface area contributed by atoms with E-state index >= 15 is 0 Å². The highest BCUT2D eigenvalue weighted by Crippen LogP contribution is 2.06. The summed E-state index contributed by atoms with van der Waals surface area (Å²) in [6.07, 6.45) is 3.52. The lowest BCUT2D eigenvalue weighted by molar-refractivity contribution is -0.146. The van der Waals surface area contributed by atoms with E-state index in [9.17, 15) is 4.79 Å². The second-order valence-electron chi connectivity index (χ2n) is 3.97. The number of nitrogens with one attached hydrogen (secondary N) is 1. The molecule has 0 spiro atoms. The van der Waals surface area contributed by atoms with Gasteiger partial charge in [-0.05, 0) is 32.2 Å². The standard InChI is InChI=1S/C12H23NO2.ClH/c1-5-7-8-13-11(9-10(3)4)12(14)15-6-2;/h5,10-11,13H,1,6-9H2,2-4H3;1H/t11-;/m0./s1. The van der Waals surface area contributed by atoms with Gasteiger partial charge in [0.05, 0.1) is 6.61 Å². The molecule has 0 aromatic carbocycles. The van der Waals surface area contributed by atoms with E-state index in [4.69, 9.17) is 4.74 Å². The Kier molecular flexibility index (Phi) is 12.2. The van der Waals surface area contributed by atoms with Crippen molar-refractivity contribution >= 4 is 18.4 Å². The van der Waals surface area contributed by atoms with E-state index in [-0.39, 0.29) is 24.4 Å². The van der Waals surface area contributed by atoms with E-state index in [1.807, 2.05) is 13.0 Å². The van der Waals surface area contributed by atoms with E-state index in [0.717, 1.165) is 19.4 Å². The van der Waals surface area contributed by atoms with Crippen molar-refractivity contribution < 1.29 is 9.53 Å². The molecule has 0 heterocycles. The summed E-state index contributed by atoms with van der Waals surface area (Å²) in [7, 11) is 0. The zero-order valence-electron chi connectivity index (χ0n) is 10.5. The third-order valence-electron chi connectivity index (χ3n) is 2.02. The Balaban J connectivity index is 0. The Morgan fingerprint density at radius 1 is 1.50 bits per heavy atom. The molecule has 0 aromatic heterocycles. The van der Waals surface area contributed by atoms with Crippen LogP contribution in [0.1, 0.15) is 33.6 Å². The topological polar surface area (TPSA) is 38.3 Å². The molecular formula is C12H24ClNO2. The zero-order valence-corrected chi connectivity index (χ0v) is 11.3. The molecule has 0 radical (unpaired) electrons. The number of rotatable bonds is 8. The van der Waals surface area contributed by atoms with Gasteiger partial charge in [0.2, 0.25) is 0 Å². The van der Waals surface area contributed by atoms with Crippen LogP contribution in [-0.4, -0.2) is 25.2 Å². The zero-order chi connectivity index (χ0) is 11.7. The van der Waals surface area contributed by atoms with Crippen molar-refractivity contribution in [3.8, 4) is 0 Å². The third kappa shape index (κ3) is 8.74. The number of hydrogen-bond donors (Lipinski definition) is 1. The molecule has 1 atom stereocenters. The largest absolute Gasteiger partial charge is 0.465 e. The van der Waals surface area contributed by atoms with Crippen molar-refractivity contribution in [3.05, 3.63) is 12.7 Å². The van der Waals surface area contributed by atoms with E-state index in [0.29, 0.717) is 12.5 Å². The summed E-state index contributed by atoms with van der Waals surface area (Å²) in [6, 6.07) is -0.176. The maximum absolute atomic E-state index is 11.6. The van der Waals surface area contributed by atoms with Crippen molar-refractivity contribution in [2.45, 2.75) is 39.7 Å². The van der Waals surface area contributed by atoms with Gasteiger partial charge in [-0.2, -0.15) is 0 Å². The summed E-state index contributed by atoms with van der Waals surface area (Å²) in [6.45, 7) is 10.9. The first kappa shape index (κ1) is 17.8. The predicted octanol–water partition coefficient (Wildman–Crippen LogP) is 2.55. The third-order valence-corrected chi connectivity index (χ3v) is 2.02. The van der Waals surface area contributed by atoms with Crippen LogP contribution in [0.5, 0.6) is 0 Å². The van der Waals surface area contributed by atoms with Crippen LogP contribution in [0.3, 0.4) is 0 Å². The molecule has 0 unspecified atom stereocenters. The minimum atomic E-state index is -0.176. The predicted molar refractivity (Wildman–Crippen MR) is 69.9 cm³/mol. The molecule has 1 N–H and O–H groups in total. The number of ether oxygens (including phenoxy) is 1. The summed E-state index contributed by atoms with van der Waals surface area (Å²) in [5, 5.41) is 3.19. The molecule has 4 heteroatoms. The first-order chi connectivity index (χ1) is 7.11. The fourth-order valence-electron chi connectivity index (χ4n) is 1.34. The van der Waals surface area contributed by atoms with Gasteiger partial charge >= 0.3 is 5.97 Å². The Morgan fingerprint density at radius 2 is 2.12 bits per heavy atom. The Morgan fingerprint density at radius 3 is 2.56 bits per heavy atom. The number of hydrogen-bond acceptors (Lipinski definition) is 3. The van der Waals surface area contributed by atoms with Gasteiger partial charge in [0.1, 0.15) is 6.04 Å². The Labute approximate surface area is 105 Å². The summed E-state index contributed by atoms with van der Waals surface area (Å²) >= 11 is 0. The van der Waals surface area contributed by atoms with Crippen molar-refractivity contribution in [1.82, 2.24) is 5.32 Å². The van der Waals surface area contributed by atoms with E-state index in [2.05, 4.69) is 25.7 Å². The smallest absolute Gasteiger partial charge is 0.323 e. The van der Waals surface area contributed by atoms with Gasteiger partial charge in [-0.1, -0.05) is 19.9 Å². The molecule has 0 aliphatic rings. The molecule has 0 aromatic rings. The molecule has 96 valence electrons. The van der Waals surface area contributed by atoms with E-state index in [1.165, 1.54) is 0 Å². The van der Waals surface area contributed by atoms with Crippen LogP contribution in [0.4, 0.5) is 0 Å². The van der Waals surface area contributed by atoms with Crippen molar-refractivity contribution in [2.75, 3.05) is 13.2 Å². The first-order valence-corrected chi connectivity index (χ1v) is 5.62. The monoisotopic (exact) mass is 249 g/mol. The van der Waals surface area contributed by atoms with Crippen LogP contribution >= 0.6 is 12.4 Å². The van der Waals surface area contributed by atoms with Gasteiger partial charge in [0.15, 0.2) is 0 Å². The second kappa shape index (κ2) is 11.0. The molecular weight excluding hydrogens is 226 g/mol. The lowest BCUT2D eigenvalue weighted by atomic mass is 10.0. The average molecular weight is 250 g/mol. The van der Waals surface area contributed by atoms with Crippen LogP contribution in [-0.2, 0) is 9.53 Å². The van der Waals surface area contributed by atoms with Crippen molar-refractivity contribution in [1.29, 1.82) is 0 Å². The van der Waals surface area contributed by atoms with Crippen LogP contribution in [0.2, 0.25) is 0 Å². The van der Waals surface area contributed by atoms with Crippen LogP contribution in [0.15, 0.2) is 12.7 Å². The normalized spacial score (nSPS) is 11.8. The minimum absolute atomic E-state index is 0. The fraction of sp³-hybridized carbons (Fsp3) is 0.750. The van der Waals surface area contributed by atoms with Gasteiger partial charge in [-0.25, -0.2) is 0 Å². The summed E-state index contributed by atoms with van der Waals surface area (Å²) < 4.78 is 5.01. The molecule has 0 rings (SSSR count). The van der Waals surface area contributed by atoms with Gasteiger partial charge < -0.3 is 10.1 Å². The summed E-state index contributed by atoms with van der Waals surface area (Å²) in [5.74, 6) is 0.339. The lowest BCUT2D eigenvalue weighted by Crippen LogP contribution is -2.39. The highest BCUT2D eigenvalue weighted by Gasteiger charge is 2.19. The number of esters is 1. The second-order valence-corrected chi connectivity index (χ2v) is 3.97. The fourth-order valence-corrected chi connectivity index (χ4v) is 1.34. The maximum atomic E-state index is 11.6. The first-order valence-electron chi connectivity index (χ1n) is 5.62. The average Bonchev–Trinajstić information content (AvgIpc) is 2.16. The van der Waals surface area contributed by atoms with Gasteiger partial charge in [-0.15, -0.1) is 19.0 Å². The number of carbonyl (C=O) groups excluding carboxylic acids is 1. The van der Waals surface area contributed by atoms with E-state index < -0.39 is 0 Å². The molecule has 0 amide bonds. The minimum Gasteiger partial charge on any atom is -0.465 e. The van der Waals surface area contributed by atoms with Crippen LogP contribution in [0.25, 0.3) is 0 Å². The van der Waals surface area contributed by atoms with Gasteiger partial charge in [-0.3, -0.25) is 4.79 Å². The molecule has 0 aliphatic heterocycles. The Hall–Kier alpha value is -0.540. The van der Waals surface area contributed by atoms with Crippen LogP contribution in [0, 0.1) is 5.92 Å². The van der Waals surface area contributed by atoms with E-state index in [1.54, 1.807) is 0 Å². The number of carbonyl (C=O) groups is 1. The van der Waals surface area contributed by atoms with Gasteiger partial charge in [0.25, 0.3) is 0 Å². The maximum Gasteiger partial charge on any atom is 0.323 e. The SMILES string of the molecule is C=CCCN[C@@H](CC(C)C)C(=O)OCC.Cl. The molecule has 0 fully saturated rings. The van der Waals surface area contributed by atoms with Gasteiger partial charge in [0, 0.05) is 0 Å². The van der Waals surface area contributed by atoms with Crippen LogP contribution < -0.4 is 5.32 Å². The molecule has 16 heavy (non-hydrogen) atoms. The molecule has 0 saturated carbocycles. The lowest BCUT2D eigenvalue weighted by Gasteiger charge is -2.18. The summed E-state index contributed by atoms with van der Waals surface area (Å²) in [5.41, 5.74) is 0.